The number of fused-ring (bicyclic) bond motifs is 1. The fourth-order valence-electron chi connectivity index (χ4n) is 5.40. The summed E-state index contributed by atoms with van der Waals surface area (Å²) in [5.74, 6) is -0.777. The van der Waals surface area contributed by atoms with E-state index in [9.17, 15) is 24.0 Å². The number of aryl methyl sites for hydroxylation is 1. The van der Waals surface area contributed by atoms with Gasteiger partial charge in [-0.2, -0.15) is 0 Å². The summed E-state index contributed by atoms with van der Waals surface area (Å²) >= 11 is 0. The molecule has 2 saturated heterocycles. The van der Waals surface area contributed by atoms with Crippen LogP contribution in [0.4, 0.5) is 0 Å². The molecule has 174 valence electrons. The van der Waals surface area contributed by atoms with Gasteiger partial charge in [0.05, 0.1) is 11.1 Å². The van der Waals surface area contributed by atoms with Crippen molar-refractivity contribution in [3.8, 4) is 0 Å². The molecule has 1 saturated carbocycles. The Morgan fingerprint density at radius 1 is 0.939 bits per heavy atom. The Bertz CT molecular complexity index is 1020. The van der Waals surface area contributed by atoms with Gasteiger partial charge in [0.15, 0.2) is 0 Å². The zero-order chi connectivity index (χ0) is 23.1. The Morgan fingerprint density at radius 2 is 1.67 bits per heavy atom. The number of rotatable bonds is 5. The molecule has 3 fully saturated rings. The number of amides is 5. The largest absolute Gasteiger partial charge is 0.342 e. The minimum Gasteiger partial charge on any atom is -0.342 e. The fraction of sp³-hybridized carbons (Fsp3) is 0.560. The zero-order valence-electron chi connectivity index (χ0n) is 18.7. The van der Waals surface area contributed by atoms with Crippen LogP contribution in [0.25, 0.3) is 0 Å². The van der Waals surface area contributed by atoms with Crippen molar-refractivity contribution in [3.63, 3.8) is 0 Å². The summed E-state index contributed by atoms with van der Waals surface area (Å²) in [5, 5.41) is 2.22. The second kappa shape index (κ2) is 8.72. The topological polar surface area (TPSA) is 104 Å². The van der Waals surface area contributed by atoms with Crippen LogP contribution in [-0.4, -0.2) is 58.5 Å². The molecule has 3 heterocycles. The molecular weight excluding hydrogens is 422 g/mol. The Balaban J connectivity index is 1.18. The number of nitrogens with zero attached hydrogens (tertiary/aromatic N) is 2. The van der Waals surface area contributed by atoms with E-state index in [-0.39, 0.29) is 24.7 Å². The number of nitrogens with one attached hydrogen (secondary N) is 1. The monoisotopic (exact) mass is 451 g/mol. The van der Waals surface area contributed by atoms with Crippen molar-refractivity contribution in [2.24, 2.45) is 11.8 Å². The van der Waals surface area contributed by atoms with Crippen LogP contribution in [0.5, 0.6) is 0 Å². The first kappa shape index (κ1) is 21.8. The molecule has 33 heavy (non-hydrogen) atoms. The molecule has 1 aromatic carbocycles. The summed E-state index contributed by atoms with van der Waals surface area (Å²) in [5.41, 5.74) is 1.65. The van der Waals surface area contributed by atoms with E-state index in [0.29, 0.717) is 23.0 Å². The highest BCUT2D eigenvalue weighted by molar-refractivity contribution is 6.23. The molecule has 1 N–H and O–H groups in total. The molecule has 8 nitrogen and oxygen atoms in total. The number of carbonyl (C=O) groups is 5. The first-order chi connectivity index (χ1) is 15.9. The van der Waals surface area contributed by atoms with Gasteiger partial charge in [0.2, 0.25) is 17.7 Å². The molecule has 0 bridgehead atoms. The van der Waals surface area contributed by atoms with Gasteiger partial charge in [0.1, 0.15) is 6.04 Å². The SMILES string of the molecule is O=C1CCC(N2C(=O)c3ccc(CCC4CCN(C(=O)C5CCC5)CC4)cc3C2=O)C(=O)N1. The van der Waals surface area contributed by atoms with Crippen molar-refractivity contribution in [3.05, 3.63) is 34.9 Å². The fourth-order valence-corrected chi connectivity index (χ4v) is 5.40. The lowest BCUT2D eigenvalue weighted by atomic mass is 9.83. The summed E-state index contributed by atoms with van der Waals surface area (Å²) in [6.07, 6.45) is 7.31. The summed E-state index contributed by atoms with van der Waals surface area (Å²) < 4.78 is 0. The highest BCUT2D eigenvalue weighted by Crippen LogP contribution is 2.32. The van der Waals surface area contributed by atoms with Crippen molar-refractivity contribution in [2.45, 2.75) is 63.8 Å². The maximum absolute atomic E-state index is 13.0. The Kier molecular flexibility index (Phi) is 5.76. The Labute approximate surface area is 192 Å². The highest BCUT2D eigenvalue weighted by Gasteiger charge is 2.44. The van der Waals surface area contributed by atoms with Crippen molar-refractivity contribution in [1.82, 2.24) is 15.1 Å². The van der Waals surface area contributed by atoms with Gasteiger partial charge in [-0.1, -0.05) is 12.5 Å². The number of benzene rings is 1. The van der Waals surface area contributed by atoms with E-state index < -0.39 is 23.8 Å². The Hall–Kier alpha value is -3.03. The van der Waals surface area contributed by atoms with Gasteiger partial charge in [-0.15, -0.1) is 0 Å². The second-order valence-corrected chi connectivity index (χ2v) is 9.76. The van der Waals surface area contributed by atoms with Gasteiger partial charge in [-0.25, -0.2) is 0 Å². The van der Waals surface area contributed by atoms with Crippen molar-refractivity contribution in [2.75, 3.05) is 13.1 Å². The van der Waals surface area contributed by atoms with E-state index in [0.717, 1.165) is 62.1 Å². The zero-order valence-corrected chi connectivity index (χ0v) is 18.7. The molecule has 8 heteroatoms. The lowest BCUT2D eigenvalue weighted by molar-refractivity contribution is -0.139. The minimum atomic E-state index is -0.939. The van der Waals surface area contributed by atoms with Crippen LogP contribution >= 0.6 is 0 Å². The van der Waals surface area contributed by atoms with Crippen LogP contribution < -0.4 is 5.32 Å². The minimum absolute atomic E-state index is 0.111. The standard InChI is InChI=1S/C25H29N3O5/c29-21-9-8-20(22(30)26-21)28-24(32)18-7-6-16(14-19(18)25(28)33)5-4-15-10-12-27(13-11-15)23(31)17-2-1-3-17/h6-7,14-15,17,20H,1-5,8-13H2,(H,26,29,30). The summed E-state index contributed by atoms with van der Waals surface area (Å²) in [6, 6.07) is 4.40. The van der Waals surface area contributed by atoms with Crippen molar-refractivity contribution < 1.29 is 24.0 Å². The van der Waals surface area contributed by atoms with Crippen LogP contribution in [0.1, 0.15) is 77.6 Å². The molecule has 0 spiro atoms. The van der Waals surface area contributed by atoms with E-state index in [1.807, 2.05) is 11.0 Å². The normalized spacial score (nSPS) is 24.1. The number of hydrogen-bond acceptors (Lipinski definition) is 5. The van der Waals surface area contributed by atoms with E-state index in [4.69, 9.17) is 0 Å². The molecular formula is C25H29N3O5. The van der Waals surface area contributed by atoms with E-state index in [1.165, 1.54) is 6.42 Å². The molecule has 1 aliphatic carbocycles. The first-order valence-electron chi connectivity index (χ1n) is 12.1. The lowest BCUT2D eigenvalue weighted by Gasteiger charge is -2.36. The molecule has 4 aliphatic rings. The van der Waals surface area contributed by atoms with Gasteiger partial charge in [-0.3, -0.25) is 34.2 Å². The highest BCUT2D eigenvalue weighted by atomic mass is 16.2. The Morgan fingerprint density at radius 3 is 2.33 bits per heavy atom. The predicted octanol–water partition coefficient (Wildman–Crippen LogP) is 2.06. The number of likely N-dealkylation sites (tertiary alicyclic amines) is 1. The maximum Gasteiger partial charge on any atom is 0.262 e. The molecule has 1 unspecified atom stereocenters. The summed E-state index contributed by atoms with van der Waals surface area (Å²) in [7, 11) is 0. The van der Waals surface area contributed by atoms with Gasteiger partial charge in [-0.05, 0) is 68.6 Å². The van der Waals surface area contributed by atoms with Gasteiger partial charge < -0.3 is 4.90 Å². The van der Waals surface area contributed by atoms with Crippen LogP contribution in [0.3, 0.4) is 0 Å². The van der Waals surface area contributed by atoms with E-state index in [2.05, 4.69) is 5.32 Å². The van der Waals surface area contributed by atoms with Crippen molar-refractivity contribution in [1.29, 1.82) is 0 Å². The van der Waals surface area contributed by atoms with Crippen LogP contribution in [0.2, 0.25) is 0 Å². The molecule has 1 aromatic rings. The number of carbonyl (C=O) groups excluding carboxylic acids is 5. The van der Waals surface area contributed by atoms with Gasteiger partial charge in [0, 0.05) is 25.4 Å². The average molecular weight is 452 g/mol. The first-order valence-corrected chi connectivity index (χ1v) is 12.1. The third-order valence-corrected chi connectivity index (χ3v) is 7.73. The van der Waals surface area contributed by atoms with Crippen LogP contribution in [0, 0.1) is 11.8 Å². The van der Waals surface area contributed by atoms with E-state index >= 15 is 0 Å². The third kappa shape index (κ3) is 4.07. The molecule has 0 aromatic heterocycles. The van der Waals surface area contributed by atoms with Crippen LogP contribution in [-0.2, 0) is 20.8 Å². The smallest absolute Gasteiger partial charge is 0.262 e. The quantitative estimate of drug-likeness (QED) is 0.690. The number of piperidine rings is 2. The van der Waals surface area contributed by atoms with Gasteiger partial charge in [0.25, 0.3) is 11.8 Å². The molecule has 0 radical (unpaired) electrons. The molecule has 5 amide bonds. The maximum atomic E-state index is 13.0. The summed E-state index contributed by atoms with van der Waals surface area (Å²) in [6.45, 7) is 1.66. The molecule has 5 rings (SSSR count). The van der Waals surface area contributed by atoms with E-state index in [1.54, 1.807) is 12.1 Å². The summed E-state index contributed by atoms with van der Waals surface area (Å²) in [4.78, 5) is 64.9. The van der Waals surface area contributed by atoms with Crippen molar-refractivity contribution >= 4 is 29.5 Å². The molecule has 3 aliphatic heterocycles. The second-order valence-electron chi connectivity index (χ2n) is 9.76. The average Bonchev–Trinajstić information content (AvgIpc) is 3.01. The predicted molar refractivity (Wildman–Crippen MR) is 118 cm³/mol. The van der Waals surface area contributed by atoms with Crippen LogP contribution in [0.15, 0.2) is 18.2 Å². The number of hydrogen-bond donors (Lipinski definition) is 1. The van der Waals surface area contributed by atoms with Gasteiger partial charge >= 0.3 is 0 Å². The lowest BCUT2D eigenvalue weighted by Crippen LogP contribution is -2.54. The molecule has 1 atom stereocenters. The number of imide groups is 2. The third-order valence-electron chi connectivity index (χ3n) is 7.73.